The zero-order valence-electron chi connectivity index (χ0n) is 18.7. The van der Waals surface area contributed by atoms with Crippen molar-refractivity contribution in [3.8, 4) is 0 Å². The third-order valence-electron chi connectivity index (χ3n) is 6.77. The van der Waals surface area contributed by atoms with Gasteiger partial charge in [0, 0.05) is 51.7 Å². The summed E-state index contributed by atoms with van der Waals surface area (Å²) < 4.78 is 0. The van der Waals surface area contributed by atoms with Crippen LogP contribution in [-0.2, 0) is 4.79 Å². The van der Waals surface area contributed by atoms with E-state index in [0.717, 1.165) is 57.8 Å². The molecule has 0 spiro atoms. The van der Waals surface area contributed by atoms with E-state index in [4.69, 9.17) is 0 Å². The molecule has 2 heterocycles. The van der Waals surface area contributed by atoms with Crippen LogP contribution in [0.15, 0.2) is 4.99 Å². The number of hydrogen-bond donors (Lipinski definition) is 2. The Kier molecular flexibility index (Phi) is 9.05. The highest BCUT2D eigenvalue weighted by Crippen LogP contribution is 2.26. The quantitative estimate of drug-likeness (QED) is 0.396. The van der Waals surface area contributed by atoms with Crippen LogP contribution >= 0.6 is 0 Å². The van der Waals surface area contributed by atoms with Gasteiger partial charge in [0.2, 0.25) is 5.91 Å². The number of nitrogens with one attached hydrogen (secondary N) is 2. The molecule has 0 bridgehead atoms. The SMILES string of the molecule is CN=C(NCCCN1CCCN(C)CC1)NC1CCN(C(=O)C2CCCCC2)C1. The van der Waals surface area contributed by atoms with E-state index in [1.807, 2.05) is 7.05 Å². The molecule has 3 rings (SSSR count). The van der Waals surface area contributed by atoms with Crippen molar-refractivity contribution >= 4 is 11.9 Å². The summed E-state index contributed by atoms with van der Waals surface area (Å²) in [5.74, 6) is 1.54. The molecule has 2 aliphatic heterocycles. The molecule has 0 aromatic heterocycles. The van der Waals surface area contributed by atoms with Gasteiger partial charge in [0.05, 0.1) is 0 Å². The minimum atomic E-state index is 0.277. The van der Waals surface area contributed by atoms with Crippen LogP contribution in [0.2, 0.25) is 0 Å². The van der Waals surface area contributed by atoms with E-state index in [9.17, 15) is 4.79 Å². The van der Waals surface area contributed by atoms with Gasteiger partial charge in [-0.15, -0.1) is 0 Å². The van der Waals surface area contributed by atoms with E-state index in [2.05, 4.69) is 37.4 Å². The Hall–Kier alpha value is -1.34. The predicted molar refractivity (Wildman–Crippen MR) is 119 cm³/mol. The largest absolute Gasteiger partial charge is 0.356 e. The number of likely N-dealkylation sites (N-methyl/N-ethyl adjacent to an activating group) is 1. The summed E-state index contributed by atoms with van der Waals surface area (Å²) in [7, 11) is 4.05. The number of likely N-dealkylation sites (tertiary alicyclic amines) is 1. The van der Waals surface area contributed by atoms with Crippen LogP contribution in [0.4, 0.5) is 0 Å². The van der Waals surface area contributed by atoms with Gasteiger partial charge in [0.1, 0.15) is 0 Å². The molecule has 1 atom stereocenters. The number of aliphatic imine (C=N–C) groups is 1. The first kappa shape index (κ1) is 22.3. The lowest BCUT2D eigenvalue weighted by Crippen LogP contribution is -2.46. The lowest BCUT2D eigenvalue weighted by atomic mass is 9.88. The number of nitrogens with zero attached hydrogens (tertiary/aromatic N) is 4. The Morgan fingerprint density at radius 2 is 1.83 bits per heavy atom. The minimum absolute atomic E-state index is 0.277. The molecule has 7 heteroatoms. The van der Waals surface area contributed by atoms with Gasteiger partial charge in [-0.25, -0.2) is 0 Å². The highest BCUT2D eigenvalue weighted by Gasteiger charge is 2.31. The average Bonchev–Trinajstić information content (AvgIpc) is 3.12. The Labute approximate surface area is 177 Å². The summed E-state index contributed by atoms with van der Waals surface area (Å²) >= 11 is 0. The molecule has 1 aliphatic carbocycles. The van der Waals surface area contributed by atoms with Gasteiger partial charge in [0.25, 0.3) is 0 Å². The van der Waals surface area contributed by atoms with Gasteiger partial charge >= 0.3 is 0 Å². The maximum atomic E-state index is 12.8. The van der Waals surface area contributed by atoms with Crippen molar-refractivity contribution in [3.63, 3.8) is 0 Å². The Morgan fingerprint density at radius 3 is 2.62 bits per heavy atom. The van der Waals surface area contributed by atoms with Crippen molar-refractivity contribution in [3.05, 3.63) is 0 Å². The Morgan fingerprint density at radius 1 is 1.00 bits per heavy atom. The summed E-state index contributed by atoms with van der Waals surface area (Å²) in [5.41, 5.74) is 0. The molecule has 0 aromatic rings. The van der Waals surface area contributed by atoms with Crippen LogP contribution in [0.3, 0.4) is 0 Å². The number of carbonyl (C=O) groups is 1. The molecular weight excluding hydrogens is 364 g/mol. The van der Waals surface area contributed by atoms with E-state index < -0.39 is 0 Å². The second kappa shape index (κ2) is 11.7. The number of carbonyl (C=O) groups excluding carboxylic acids is 1. The molecule has 1 amide bonds. The van der Waals surface area contributed by atoms with Crippen molar-refractivity contribution in [2.75, 3.05) is 66.5 Å². The molecule has 166 valence electrons. The van der Waals surface area contributed by atoms with Crippen LogP contribution in [0, 0.1) is 5.92 Å². The molecule has 2 saturated heterocycles. The van der Waals surface area contributed by atoms with Crippen LogP contribution in [-0.4, -0.2) is 99.1 Å². The van der Waals surface area contributed by atoms with Crippen LogP contribution in [0.5, 0.6) is 0 Å². The molecular formula is C22H42N6O. The maximum Gasteiger partial charge on any atom is 0.225 e. The molecule has 7 nitrogen and oxygen atoms in total. The third-order valence-corrected chi connectivity index (χ3v) is 6.77. The standard InChI is InChI=1S/C22H42N6O/c1-23-22(24-11-6-13-27-14-7-12-26(2)16-17-27)25-20-10-15-28(18-20)21(29)19-8-4-3-5-9-19/h19-20H,3-18H2,1-2H3,(H2,23,24,25). The zero-order chi connectivity index (χ0) is 20.5. The first-order chi connectivity index (χ1) is 14.2. The summed E-state index contributed by atoms with van der Waals surface area (Å²) in [6.45, 7) is 8.56. The second-order valence-corrected chi connectivity index (χ2v) is 9.10. The highest BCUT2D eigenvalue weighted by atomic mass is 16.2. The Bertz CT molecular complexity index is 533. The van der Waals surface area contributed by atoms with Crippen LogP contribution in [0.25, 0.3) is 0 Å². The van der Waals surface area contributed by atoms with Crippen LogP contribution < -0.4 is 10.6 Å². The minimum Gasteiger partial charge on any atom is -0.356 e. The summed E-state index contributed by atoms with van der Waals surface area (Å²) in [5, 5.41) is 7.00. The normalized spacial score (nSPS) is 25.8. The second-order valence-electron chi connectivity index (χ2n) is 9.10. The summed E-state index contributed by atoms with van der Waals surface area (Å²) in [4.78, 5) is 24.2. The van der Waals surface area contributed by atoms with Crippen LogP contribution in [0.1, 0.15) is 51.4 Å². The lowest BCUT2D eigenvalue weighted by molar-refractivity contribution is -0.135. The van der Waals surface area contributed by atoms with Crippen molar-refractivity contribution < 1.29 is 4.79 Å². The van der Waals surface area contributed by atoms with E-state index >= 15 is 0 Å². The van der Waals surface area contributed by atoms with Gasteiger partial charge in [-0.2, -0.15) is 0 Å². The van der Waals surface area contributed by atoms with Crippen molar-refractivity contribution in [2.24, 2.45) is 10.9 Å². The number of rotatable bonds is 6. The van der Waals surface area contributed by atoms with E-state index in [1.165, 1.54) is 51.9 Å². The summed E-state index contributed by atoms with van der Waals surface area (Å²) in [6, 6.07) is 0.315. The molecule has 2 N–H and O–H groups in total. The Balaban J connectivity index is 1.32. The van der Waals surface area contributed by atoms with Crippen molar-refractivity contribution in [2.45, 2.75) is 57.4 Å². The van der Waals surface area contributed by atoms with Gasteiger partial charge in [0.15, 0.2) is 5.96 Å². The maximum absolute atomic E-state index is 12.8. The topological polar surface area (TPSA) is 63.2 Å². The molecule has 3 fully saturated rings. The molecule has 29 heavy (non-hydrogen) atoms. The monoisotopic (exact) mass is 406 g/mol. The van der Waals surface area contributed by atoms with Gasteiger partial charge in [-0.05, 0) is 58.8 Å². The number of guanidine groups is 1. The lowest BCUT2D eigenvalue weighted by Gasteiger charge is -2.26. The molecule has 1 saturated carbocycles. The highest BCUT2D eigenvalue weighted by molar-refractivity contribution is 5.81. The molecule has 3 aliphatic rings. The number of amides is 1. The van der Waals surface area contributed by atoms with Gasteiger partial charge in [-0.3, -0.25) is 9.79 Å². The first-order valence-corrected chi connectivity index (χ1v) is 11.8. The molecule has 0 radical (unpaired) electrons. The fourth-order valence-corrected chi connectivity index (χ4v) is 4.91. The third kappa shape index (κ3) is 7.14. The smallest absolute Gasteiger partial charge is 0.225 e. The number of hydrogen-bond acceptors (Lipinski definition) is 4. The fraction of sp³-hybridized carbons (Fsp3) is 0.909. The first-order valence-electron chi connectivity index (χ1n) is 11.8. The molecule has 0 aromatic carbocycles. The van der Waals surface area contributed by atoms with E-state index in [1.54, 1.807) is 0 Å². The summed E-state index contributed by atoms with van der Waals surface area (Å²) in [6.07, 6.45) is 9.32. The predicted octanol–water partition coefficient (Wildman–Crippen LogP) is 1.36. The molecule has 1 unspecified atom stereocenters. The van der Waals surface area contributed by atoms with Crippen molar-refractivity contribution in [1.82, 2.24) is 25.3 Å². The van der Waals surface area contributed by atoms with E-state index in [-0.39, 0.29) is 5.92 Å². The zero-order valence-corrected chi connectivity index (χ0v) is 18.7. The fourth-order valence-electron chi connectivity index (χ4n) is 4.91. The average molecular weight is 407 g/mol. The van der Waals surface area contributed by atoms with Crippen molar-refractivity contribution in [1.29, 1.82) is 0 Å². The van der Waals surface area contributed by atoms with Gasteiger partial charge < -0.3 is 25.3 Å². The van der Waals surface area contributed by atoms with Gasteiger partial charge in [-0.1, -0.05) is 19.3 Å². The van der Waals surface area contributed by atoms with E-state index in [0.29, 0.717) is 11.9 Å².